The largest absolute Gasteiger partial charge is 0.480 e. The number of rotatable bonds is 10. The lowest BCUT2D eigenvalue weighted by Crippen LogP contribution is -2.13. The number of nitro groups is 1. The summed E-state index contributed by atoms with van der Waals surface area (Å²) in [7, 11) is 1.46. The van der Waals surface area contributed by atoms with Crippen LogP contribution >= 0.6 is 15.9 Å². The van der Waals surface area contributed by atoms with Gasteiger partial charge < -0.3 is 19.6 Å². The summed E-state index contributed by atoms with van der Waals surface area (Å²) in [5, 5.41) is 19.8. The summed E-state index contributed by atoms with van der Waals surface area (Å²) >= 11 is 3.20. The Balaban J connectivity index is 1.80. The lowest BCUT2D eigenvalue weighted by atomic mass is 10.1. The fourth-order valence-corrected chi connectivity index (χ4v) is 4.22. The molecule has 0 aliphatic heterocycles. The molecule has 0 N–H and O–H groups in total. The lowest BCUT2D eigenvalue weighted by Gasteiger charge is -2.19. The molecule has 0 aliphatic carbocycles. The second-order valence-corrected chi connectivity index (χ2v) is 9.08. The number of halogens is 4. The van der Waals surface area contributed by atoms with Crippen molar-refractivity contribution in [1.29, 1.82) is 0 Å². The van der Waals surface area contributed by atoms with Crippen molar-refractivity contribution in [1.82, 2.24) is 24.5 Å². The molecule has 0 aliphatic rings. The van der Waals surface area contributed by atoms with E-state index < -0.39 is 34.8 Å². The van der Waals surface area contributed by atoms with Crippen LogP contribution in [0.4, 0.5) is 19.0 Å². The molecule has 0 saturated carbocycles. The summed E-state index contributed by atoms with van der Waals surface area (Å²) in [4.78, 5) is 14.5. The zero-order chi connectivity index (χ0) is 27.6. The Morgan fingerprint density at radius 3 is 2.63 bits per heavy atom. The highest BCUT2D eigenvalue weighted by molar-refractivity contribution is 9.10. The van der Waals surface area contributed by atoms with E-state index in [0.717, 1.165) is 6.07 Å². The molecule has 1 aromatic carbocycles. The molecule has 38 heavy (non-hydrogen) atoms. The highest BCUT2D eigenvalue weighted by Crippen LogP contribution is 2.34. The molecular formula is C24H22BrF3N6O4. The molecule has 0 unspecified atom stereocenters. The summed E-state index contributed by atoms with van der Waals surface area (Å²) in [6.45, 7) is 4.02. The first-order valence-electron chi connectivity index (χ1n) is 11.3. The molecule has 3 aromatic heterocycles. The number of aryl methyl sites for hydroxylation is 1. The van der Waals surface area contributed by atoms with Crippen LogP contribution in [0.3, 0.4) is 0 Å². The molecule has 0 amide bonds. The van der Waals surface area contributed by atoms with Crippen LogP contribution < -0.4 is 9.47 Å². The topological polar surface area (TPSA) is 110 Å². The van der Waals surface area contributed by atoms with Gasteiger partial charge in [-0.2, -0.15) is 5.10 Å². The quantitative estimate of drug-likeness (QED) is 0.164. The van der Waals surface area contributed by atoms with Gasteiger partial charge in [-0.1, -0.05) is 0 Å². The van der Waals surface area contributed by atoms with E-state index >= 15 is 0 Å². The van der Waals surface area contributed by atoms with Crippen molar-refractivity contribution in [2.75, 3.05) is 7.11 Å². The van der Waals surface area contributed by atoms with Gasteiger partial charge in [0.1, 0.15) is 17.6 Å². The normalized spacial score (nSPS) is 12.1. The van der Waals surface area contributed by atoms with Crippen molar-refractivity contribution in [3.63, 3.8) is 0 Å². The van der Waals surface area contributed by atoms with Crippen LogP contribution in [0, 0.1) is 15.9 Å². The number of hydrogen-bond acceptors (Lipinski definition) is 7. The second-order valence-electron chi connectivity index (χ2n) is 8.16. The molecule has 4 aromatic rings. The molecule has 3 heterocycles. The Kier molecular flexibility index (Phi) is 7.99. The van der Waals surface area contributed by atoms with Gasteiger partial charge in [0.15, 0.2) is 6.20 Å². The number of alkyl halides is 2. The summed E-state index contributed by atoms with van der Waals surface area (Å²) in [6, 6.07) is 6.34. The second kappa shape index (κ2) is 11.2. The van der Waals surface area contributed by atoms with Gasteiger partial charge in [0.05, 0.1) is 17.3 Å². The van der Waals surface area contributed by atoms with Crippen molar-refractivity contribution in [2.45, 2.75) is 39.3 Å². The number of aromatic nitrogens is 5. The van der Waals surface area contributed by atoms with Gasteiger partial charge in [-0.3, -0.25) is 4.68 Å². The highest BCUT2D eigenvalue weighted by atomic mass is 79.9. The van der Waals surface area contributed by atoms with E-state index in [4.69, 9.17) is 9.47 Å². The maximum Gasteiger partial charge on any atom is 0.406 e. The van der Waals surface area contributed by atoms with Crippen LogP contribution in [0.1, 0.15) is 48.9 Å². The van der Waals surface area contributed by atoms with Gasteiger partial charge in [-0.25, -0.2) is 17.9 Å². The summed E-state index contributed by atoms with van der Waals surface area (Å²) < 4.78 is 56.4. The predicted octanol–water partition coefficient (Wildman–Crippen LogP) is 5.97. The van der Waals surface area contributed by atoms with E-state index in [2.05, 4.69) is 31.1 Å². The minimum atomic E-state index is -2.86. The third-order valence-corrected chi connectivity index (χ3v) is 6.08. The van der Waals surface area contributed by atoms with Crippen LogP contribution in [0.5, 0.6) is 11.6 Å². The van der Waals surface area contributed by atoms with Crippen molar-refractivity contribution in [3.8, 4) is 17.3 Å². The van der Waals surface area contributed by atoms with Crippen molar-refractivity contribution in [3.05, 3.63) is 85.6 Å². The highest BCUT2D eigenvalue weighted by Gasteiger charge is 2.25. The van der Waals surface area contributed by atoms with E-state index in [1.54, 1.807) is 17.8 Å². The molecular weight excluding hydrogens is 573 g/mol. The van der Waals surface area contributed by atoms with E-state index in [9.17, 15) is 23.3 Å². The Bertz CT molecular complexity index is 1480. The van der Waals surface area contributed by atoms with Crippen LogP contribution in [-0.4, -0.2) is 36.6 Å². The fraction of sp³-hybridized carbons (Fsp3) is 0.292. The summed E-state index contributed by atoms with van der Waals surface area (Å²) in [5.41, 5.74) is 1.01. The molecule has 0 radical (unpaired) electrons. The Morgan fingerprint density at radius 2 is 1.97 bits per heavy atom. The van der Waals surface area contributed by atoms with Gasteiger partial charge in [0.2, 0.25) is 11.6 Å². The van der Waals surface area contributed by atoms with Crippen molar-refractivity contribution in [2.24, 2.45) is 0 Å². The molecule has 0 saturated heterocycles. The third-order valence-electron chi connectivity index (χ3n) is 5.65. The maximum atomic E-state index is 14.4. The minimum absolute atomic E-state index is 0.135. The molecule has 1 atom stereocenters. The first-order chi connectivity index (χ1) is 18.1. The average molecular weight is 595 g/mol. The van der Waals surface area contributed by atoms with Gasteiger partial charge in [0, 0.05) is 42.0 Å². The van der Waals surface area contributed by atoms with Gasteiger partial charge in [0.25, 0.3) is 6.43 Å². The van der Waals surface area contributed by atoms with Crippen LogP contribution in [-0.2, 0) is 13.0 Å². The van der Waals surface area contributed by atoms with Crippen LogP contribution in [0.2, 0.25) is 0 Å². The molecule has 0 spiro atoms. The van der Waals surface area contributed by atoms with E-state index in [-0.39, 0.29) is 23.4 Å². The van der Waals surface area contributed by atoms with Crippen molar-refractivity contribution < 1.29 is 27.6 Å². The smallest absolute Gasteiger partial charge is 0.406 e. The molecule has 4 rings (SSSR count). The maximum absolute atomic E-state index is 14.4. The van der Waals surface area contributed by atoms with E-state index in [1.165, 1.54) is 42.3 Å². The first-order valence-corrected chi connectivity index (χ1v) is 12.1. The zero-order valence-corrected chi connectivity index (χ0v) is 22.0. The SMILES string of the molecule is CCn1cc(Cc2cc(C(F)F)nn2-c2ccc(F)cc2[C@@H](C)Oc2cc(Br)cnc2[N+](=O)[O-])c(OC)n1. The number of pyridine rings is 1. The van der Waals surface area contributed by atoms with Crippen molar-refractivity contribution >= 4 is 21.7 Å². The molecule has 0 fully saturated rings. The third kappa shape index (κ3) is 5.64. The molecule has 14 heteroatoms. The standard InChI is InChI=1S/C24H22BrF3N6O4/c1-4-32-12-14(24(31-32)37-3)7-17-10-19(22(27)28)30-33(17)20-6-5-16(26)9-18(20)13(2)38-21-8-15(25)11-29-23(21)34(35)36/h5-6,8-13,22H,4,7H2,1-3H3/t13-/m1/s1. The fourth-order valence-electron chi connectivity index (χ4n) is 3.91. The Hall–Kier alpha value is -3.94. The zero-order valence-electron chi connectivity index (χ0n) is 20.4. The summed E-state index contributed by atoms with van der Waals surface area (Å²) in [6.07, 6.45) is -0.687. The number of methoxy groups -OCH3 is 1. The molecule has 10 nitrogen and oxygen atoms in total. The van der Waals surface area contributed by atoms with E-state index in [1.807, 2.05) is 6.92 Å². The Morgan fingerprint density at radius 1 is 1.21 bits per heavy atom. The average Bonchev–Trinajstić information content (AvgIpc) is 3.48. The number of hydrogen-bond donors (Lipinski definition) is 0. The van der Waals surface area contributed by atoms with Crippen LogP contribution in [0.15, 0.2) is 47.2 Å². The Labute approximate surface area is 223 Å². The minimum Gasteiger partial charge on any atom is -0.480 e. The number of benzene rings is 1. The molecule has 0 bridgehead atoms. The van der Waals surface area contributed by atoms with Crippen LogP contribution in [0.25, 0.3) is 5.69 Å². The lowest BCUT2D eigenvalue weighted by molar-refractivity contribution is -0.390. The predicted molar refractivity (Wildman–Crippen MR) is 133 cm³/mol. The van der Waals surface area contributed by atoms with Gasteiger partial charge >= 0.3 is 5.82 Å². The van der Waals surface area contributed by atoms with Gasteiger partial charge in [-0.15, -0.1) is 5.10 Å². The summed E-state index contributed by atoms with van der Waals surface area (Å²) in [5.74, 6) is -0.964. The van der Waals surface area contributed by atoms with Gasteiger partial charge in [-0.05, 0) is 64.0 Å². The number of ether oxygens (including phenoxy) is 2. The molecule has 200 valence electrons. The monoisotopic (exact) mass is 594 g/mol. The van der Waals surface area contributed by atoms with E-state index in [0.29, 0.717) is 28.2 Å². The first kappa shape index (κ1) is 27.1. The number of nitrogens with zero attached hydrogens (tertiary/aromatic N) is 6.